The maximum Gasteiger partial charge on any atom is 0.492 e. The van der Waals surface area contributed by atoms with Gasteiger partial charge in [-0.3, -0.25) is 0 Å². The maximum absolute atomic E-state index is 11.9. The summed E-state index contributed by atoms with van der Waals surface area (Å²) in [5, 5.41) is 0. The molecule has 0 spiro atoms. The molecule has 0 unspecified atom stereocenters. The van der Waals surface area contributed by atoms with Gasteiger partial charge in [0.25, 0.3) is 0 Å². The van der Waals surface area contributed by atoms with Crippen molar-refractivity contribution >= 4 is 5.97 Å². The van der Waals surface area contributed by atoms with E-state index >= 15 is 0 Å². The Morgan fingerprint density at radius 3 is 1.77 bits per heavy atom. The van der Waals surface area contributed by atoms with Crippen LogP contribution in [-0.4, -0.2) is 18.7 Å². The maximum atomic E-state index is 11.9. The van der Waals surface area contributed by atoms with E-state index < -0.39 is 12.1 Å². The summed E-state index contributed by atoms with van der Waals surface area (Å²) in [6.07, 6.45) is 16.2. The summed E-state index contributed by atoms with van der Waals surface area (Å²) >= 11 is 0. The lowest BCUT2D eigenvalue weighted by atomic mass is 10.1. The Balaban J connectivity index is 3.20. The van der Waals surface area contributed by atoms with E-state index in [9.17, 15) is 18.0 Å². The minimum absolute atomic E-state index is 0.253. The van der Waals surface area contributed by atoms with Crippen LogP contribution in [0.1, 0.15) is 96.8 Å². The van der Waals surface area contributed by atoms with E-state index in [4.69, 9.17) is 0 Å². The molecule has 0 radical (unpaired) electrons. The van der Waals surface area contributed by atoms with E-state index in [0.717, 1.165) is 25.7 Å². The van der Waals surface area contributed by atoms with Gasteiger partial charge in [0.15, 0.2) is 0 Å². The number of rotatable bonds is 17. The third-order valence-corrected chi connectivity index (χ3v) is 4.19. The standard InChI is InChI=1S/C20H36F3NO2/c1-2-3-4-5-6-7-8-9-10-11-12-13-14-15-16-17-18-24-26-19(25)20(21,22)23/h9-10,24H,2-8,11-18H2,1H3/b10-9-. The Labute approximate surface area is 156 Å². The van der Waals surface area contributed by atoms with Crippen LogP contribution in [0.2, 0.25) is 0 Å². The molecule has 0 aromatic carbocycles. The van der Waals surface area contributed by atoms with Crippen LogP contribution in [0.15, 0.2) is 12.2 Å². The van der Waals surface area contributed by atoms with Crippen molar-refractivity contribution in [3.8, 4) is 0 Å². The molecule has 0 aliphatic rings. The van der Waals surface area contributed by atoms with Crippen LogP contribution in [0.3, 0.4) is 0 Å². The highest BCUT2D eigenvalue weighted by atomic mass is 19.4. The lowest BCUT2D eigenvalue weighted by Crippen LogP contribution is -2.31. The van der Waals surface area contributed by atoms with Crippen LogP contribution in [-0.2, 0) is 9.63 Å². The number of halogens is 3. The molecule has 0 saturated carbocycles. The Kier molecular flexibility index (Phi) is 16.7. The Morgan fingerprint density at radius 2 is 1.27 bits per heavy atom. The second-order valence-electron chi connectivity index (χ2n) is 6.72. The van der Waals surface area contributed by atoms with Gasteiger partial charge in [0.05, 0.1) is 0 Å². The summed E-state index contributed by atoms with van der Waals surface area (Å²) in [4.78, 5) is 14.3. The fourth-order valence-corrected chi connectivity index (χ4v) is 2.62. The molecule has 0 aliphatic heterocycles. The van der Waals surface area contributed by atoms with E-state index in [0.29, 0.717) is 6.42 Å². The second-order valence-corrected chi connectivity index (χ2v) is 6.72. The van der Waals surface area contributed by atoms with Gasteiger partial charge in [-0.1, -0.05) is 76.9 Å². The van der Waals surface area contributed by atoms with E-state index in [1.807, 2.05) is 0 Å². The molecule has 0 bridgehead atoms. The number of hydrogen-bond donors (Lipinski definition) is 1. The lowest BCUT2D eigenvalue weighted by Gasteiger charge is -2.07. The molecule has 0 rings (SSSR count). The van der Waals surface area contributed by atoms with Crippen molar-refractivity contribution in [1.82, 2.24) is 5.48 Å². The zero-order chi connectivity index (χ0) is 19.5. The number of hydrogen-bond acceptors (Lipinski definition) is 3. The molecule has 1 N–H and O–H groups in total. The van der Waals surface area contributed by atoms with Crippen LogP contribution < -0.4 is 5.48 Å². The van der Waals surface area contributed by atoms with Gasteiger partial charge in [0.1, 0.15) is 0 Å². The largest absolute Gasteiger partial charge is 0.492 e. The molecule has 0 fully saturated rings. The molecule has 0 aliphatic carbocycles. The van der Waals surface area contributed by atoms with Gasteiger partial charge < -0.3 is 4.84 Å². The third-order valence-electron chi connectivity index (χ3n) is 4.19. The van der Waals surface area contributed by atoms with Crippen molar-refractivity contribution in [2.24, 2.45) is 0 Å². The first-order chi connectivity index (χ1) is 12.5. The van der Waals surface area contributed by atoms with E-state index in [1.54, 1.807) is 0 Å². The summed E-state index contributed by atoms with van der Waals surface area (Å²) in [5.74, 6) is -2.19. The molecule has 0 atom stereocenters. The number of allylic oxidation sites excluding steroid dienone is 2. The first-order valence-electron chi connectivity index (χ1n) is 10.1. The lowest BCUT2D eigenvalue weighted by molar-refractivity contribution is -0.206. The Morgan fingerprint density at radius 1 is 0.808 bits per heavy atom. The first-order valence-corrected chi connectivity index (χ1v) is 10.1. The molecule has 0 saturated heterocycles. The molecule has 0 amide bonds. The zero-order valence-electron chi connectivity index (χ0n) is 16.2. The molecule has 26 heavy (non-hydrogen) atoms. The van der Waals surface area contributed by atoms with Crippen LogP contribution in [0, 0.1) is 0 Å². The topological polar surface area (TPSA) is 38.3 Å². The van der Waals surface area contributed by atoms with Gasteiger partial charge in [-0.05, 0) is 32.1 Å². The van der Waals surface area contributed by atoms with Gasteiger partial charge in [0.2, 0.25) is 0 Å². The highest BCUT2D eigenvalue weighted by molar-refractivity contribution is 5.75. The summed E-state index contributed by atoms with van der Waals surface area (Å²) in [6, 6.07) is 0. The highest BCUT2D eigenvalue weighted by Gasteiger charge is 2.41. The molecular formula is C20H36F3NO2. The molecular weight excluding hydrogens is 343 g/mol. The van der Waals surface area contributed by atoms with Crippen molar-refractivity contribution in [3.63, 3.8) is 0 Å². The number of carbonyl (C=O) groups excluding carboxylic acids is 1. The highest BCUT2D eigenvalue weighted by Crippen LogP contribution is 2.15. The minimum atomic E-state index is -4.93. The molecule has 0 heterocycles. The Bertz CT molecular complexity index is 357. The molecule has 0 aromatic heterocycles. The Hall–Kier alpha value is -1.04. The van der Waals surface area contributed by atoms with Crippen molar-refractivity contribution in [2.75, 3.05) is 6.54 Å². The normalized spacial score (nSPS) is 12.0. The smallest absolute Gasteiger partial charge is 0.364 e. The van der Waals surface area contributed by atoms with Gasteiger partial charge in [-0.2, -0.15) is 18.7 Å². The zero-order valence-corrected chi connectivity index (χ0v) is 16.2. The first kappa shape index (κ1) is 25.0. The van der Waals surface area contributed by atoms with Gasteiger partial charge in [-0.25, -0.2) is 4.79 Å². The average molecular weight is 380 g/mol. The fourth-order valence-electron chi connectivity index (χ4n) is 2.62. The average Bonchev–Trinajstić information content (AvgIpc) is 2.59. The number of alkyl halides is 3. The predicted octanol–water partition coefficient (Wildman–Crippen LogP) is 6.63. The van der Waals surface area contributed by atoms with Gasteiger partial charge in [0, 0.05) is 6.54 Å². The summed E-state index contributed by atoms with van der Waals surface area (Å²) in [5.41, 5.74) is 2.06. The number of unbranched alkanes of at least 4 members (excludes halogenated alkanes) is 12. The predicted molar refractivity (Wildman–Crippen MR) is 99.6 cm³/mol. The minimum Gasteiger partial charge on any atom is -0.364 e. The fraction of sp³-hybridized carbons (Fsp3) is 0.850. The van der Waals surface area contributed by atoms with Crippen molar-refractivity contribution in [1.29, 1.82) is 0 Å². The van der Waals surface area contributed by atoms with E-state index in [2.05, 4.69) is 29.4 Å². The quantitative estimate of drug-likeness (QED) is 0.175. The van der Waals surface area contributed by atoms with E-state index in [-0.39, 0.29) is 6.54 Å². The summed E-state index contributed by atoms with van der Waals surface area (Å²) in [7, 11) is 0. The van der Waals surface area contributed by atoms with Crippen molar-refractivity contribution in [3.05, 3.63) is 12.2 Å². The molecule has 154 valence electrons. The van der Waals surface area contributed by atoms with Gasteiger partial charge in [-0.15, -0.1) is 0 Å². The van der Waals surface area contributed by atoms with Crippen LogP contribution in [0.5, 0.6) is 0 Å². The van der Waals surface area contributed by atoms with Crippen LogP contribution >= 0.6 is 0 Å². The van der Waals surface area contributed by atoms with E-state index in [1.165, 1.54) is 57.8 Å². The summed E-state index contributed by atoms with van der Waals surface area (Å²) in [6.45, 7) is 2.49. The second kappa shape index (κ2) is 17.4. The number of nitrogens with one attached hydrogen (secondary N) is 1. The molecule has 6 heteroatoms. The molecule has 0 aromatic rings. The third kappa shape index (κ3) is 17.8. The SMILES string of the molecule is CCCCCCCC/C=C\CCCCCCCCNOC(=O)C(F)(F)F. The van der Waals surface area contributed by atoms with Crippen LogP contribution in [0.4, 0.5) is 13.2 Å². The van der Waals surface area contributed by atoms with Crippen molar-refractivity contribution in [2.45, 2.75) is 103 Å². The number of carbonyl (C=O) groups is 1. The van der Waals surface area contributed by atoms with Crippen molar-refractivity contribution < 1.29 is 22.8 Å². The van der Waals surface area contributed by atoms with Crippen LogP contribution in [0.25, 0.3) is 0 Å². The monoisotopic (exact) mass is 379 g/mol. The van der Waals surface area contributed by atoms with Gasteiger partial charge >= 0.3 is 12.1 Å². The molecule has 3 nitrogen and oxygen atoms in total. The number of hydroxylamine groups is 1. The summed E-state index contributed by atoms with van der Waals surface area (Å²) < 4.78 is 35.6.